The SMILES string of the molecule is O=C(Cc1cccnc1)c1cnccn1. The molecule has 2 aromatic heterocycles. The van der Waals surface area contributed by atoms with Crippen molar-refractivity contribution < 1.29 is 4.79 Å². The molecule has 0 saturated heterocycles. The van der Waals surface area contributed by atoms with Crippen molar-refractivity contribution in [3.05, 3.63) is 54.4 Å². The summed E-state index contributed by atoms with van der Waals surface area (Å²) >= 11 is 0. The summed E-state index contributed by atoms with van der Waals surface area (Å²) in [5.41, 5.74) is 1.27. The van der Waals surface area contributed by atoms with Crippen LogP contribution in [0.5, 0.6) is 0 Å². The fourth-order valence-electron chi connectivity index (χ4n) is 1.22. The van der Waals surface area contributed by atoms with Gasteiger partial charge in [-0.05, 0) is 11.6 Å². The first-order chi connectivity index (χ1) is 7.36. The number of carbonyl (C=O) groups excluding carboxylic acids is 1. The molecule has 0 unspecified atom stereocenters. The number of hydrogen-bond acceptors (Lipinski definition) is 4. The fourth-order valence-corrected chi connectivity index (χ4v) is 1.22. The number of rotatable bonds is 3. The number of aromatic nitrogens is 3. The van der Waals surface area contributed by atoms with Crippen LogP contribution in [0.3, 0.4) is 0 Å². The smallest absolute Gasteiger partial charge is 0.187 e. The van der Waals surface area contributed by atoms with Crippen LogP contribution in [-0.2, 0) is 6.42 Å². The van der Waals surface area contributed by atoms with E-state index in [9.17, 15) is 4.79 Å². The Morgan fingerprint density at radius 2 is 2.00 bits per heavy atom. The lowest BCUT2D eigenvalue weighted by Crippen LogP contribution is -2.06. The largest absolute Gasteiger partial charge is 0.292 e. The van der Waals surface area contributed by atoms with Crippen LogP contribution in [0.1, 0.15) is 16.1 Å². The van der Waals surface area contributed by atoms with Crippen LogP contribution in [0.2, 0.25) is 0 Å². The third-order valence-electron chi connectivity index (χ3n) is 1.94. The molecule has 0 saturated carbocycles. The Morgan fingerprint density at radius 1 is 1.13 bits per heavy atom. The molecule has 0 radical (unpaired) electrons. The molecular formula is C11H9N3O. The molecule has 0 amide bonds. The maximum absolute atomic E-state index is 11.7. The van der Waals surface area contributed by atoms with Gasteiger partial charge >= 0.3 is 0 Å². The molecule has 0 atom stereocenters. The minimum absolute atomic E-state index is 0.0453. The average Bonchev–Trinajstić information content (AvgIpc) is 2.31. The van der Waals surface area contributed by atoms with Gasteiger partial charge in [0.05, 0.1) is 6.20 Å². The summed E-state index contributed by atoms with van der Waals surface area (Å²) in [4.78, 5) is 23.4. The van der Waals surface area contributed by atoms with Gasteiger partial charge in [-0.1, -0.05) is 6.07 Å². The highest BCUT2D eigenvalue weighted by atomic mass is 16.1. The molecule has 15 heavy (non-hydrogen) atoms. The van der Waals surface area contributed by atoms with Gasteiger partial charge in [0.2, 0.25) is 0 Å². The molecule has 0 aliphatic carbocycles. The molecular weight excluding hydrogens is 190 g/mol. The van der Waals surface area contributed by atoms with E-state index in [0.717, 1.165) is 5.56 Å². The van der Waals surface area contributed by atoms with Gasteiger partial charge in [-0.2, -0.15) is 0 Å². The molecule has 2 rings (SSSR count). The summed E-state index contributed by atoms with van der Waals surface area (Å²) in [6, 6.07) is 3.67. The van der Waals surface area contributed by atoms with E-state index in [0.29, 0.717) is 12.1 Å². The molecule has 0 fully saturated rings. The van der Waals surface area contributed by atoms with Crippen LogP contribution in [-0.4, -0.2) is 20.7 Å². The Hall–Kier alpha value is -2.10. The van der Waals surface area contributed by atoms with Crippen LogP contribution in [0.4, 0.5) is 0 Å². The van der Waals surface area contributed by atoms with Crippen molar-refractivity contribution >= 4 is 5.78 Å². The monoisotopic (exact) mass is 199 g/mol. The van der Waals surface area contributed by atoms with E-state index in [1.807, 2.05) is 6.07 Å². The van der Waals surface area contributed by atoms with Crippen LogP contribution < -0.4 is 0 Å². The molecule has 4 heteroatoms. The molecule has 0 bridgehead atoms. The Morgan fingerprint density at radius 3 is 2.67 bits per heavy atom. The Labute approximate surface area is 87.0 Å². The van der Waals surface area contributed by atoms with E-state index in [-0.39, 0.29) is 5.78 Å². The van der Waals surface area contributed by atoms with Gasteiger partial charge in [-0.25, -0.2) is 4.98 Å². The average molecular weight is 199 g/mol. The van der Waals surface area contributed by atoms with E-state index >= 15 is 0 Å². The van der Waals surface area contributed by atoms with Crippen molar-refractivity contribution in [2.75, 3.05) is 0 Å². The maximum Gasteiger partial charge on any atom is 0.187 e. The van der Waals surface area contributed by atoms with Gasteiger partial charge in [0.1, 0.15) is 5.69 Å². The van der Waals surface area contributed by atoms with Gasteiger partial charge in [-0.15, -0.1) is 0 Å². The molecule has 2 heterocycles. The molecule has 0 aromatic carbocycles. The van der Waals surface area contributed by atoms with Crippen LogP contribution in [0.15, 0.2) is 43.1 Å². The Bertz CT molecular complexity index is 442. The second-order valence-electron chi connectivity index (χ2n) is 3.05. The van der Waals surface area contributed by atoms with Gasteiger partial charge in [0, 0.05) is 31.2 Å². The van der Waals surface area contributed by atoms with Crippen molar-refractivity contribution in [2.24, 2.45) is 0 Å². The number of hydrogen-bond donors (Lipinski definition) is 0. The van der Waals surface area contributed by atoms with Crippen molar-refractivity contribution in [1.29, 1.82) is 0 Å². The quantitative estimate of drug-likeness (QED) is 0.699. The Kier molecular flexibility index (Phi) is 2.78. The van der Waals surface area contributed by atoms with Crippen molar-refractivity contribution in [1.82, 2.24) is 15.0 Å². The molecule has 74 valence electrons. The van der Waals surface area contributed by atoms with E-state index in [1.165, 1.54) is 12.4 Å². The van der Waals surface area contributed by atoms with Crippen LogP contribution in [0, 0.1) is 0 Å². The second-order valence-corrected chi connectivity index (χ2v) is 3.05. The highest BCUT2D eigenvalue weighted by Gasteiger charge is 2.07. The molecule has 0 aliphatic rings. The summed E-state index contributed by atoms with van der Waals surface area (Å²) in [5.74, 6) is -0.0453. The first kappa shape index (κ1) is 9.45. The highest BCUT2D eigenvalue weighted by Crippen LogP contribution is 2.02. The van der Waals surface area contributed by atoms with E-state index in [2.05, 4.69) is 15.0 Å². The standard InChI is InChI=1S/C11H9N3O/c15-11(10-8-13-4-5-14-10)6-9-2-1-3-12-7-9/h1-5,7-8H,6H2. The first-order valence-electron chi connectivity index (χ1n) is 4.54. The van der Waals surface area contributed by atoms with Gasteiger partial charge < -0.3 is 0 Å². The van der Waals surface area contributed by atoms with E-state index in [1.54, 1.807) is 24.7 Å². The Balaban J connectivity index is 2.12. The molecule has 0 N–H and O–H groups in total. The third-order valence-corrected chi connectivity index (χ3v) is 1.94. The van der Waals surface area contributed by atoms with Crippen molar-refractivity contribution in [3.63, 3.8) is 0 Å². The van der Waals surface area contributed by atoms with E-state index < -0.39 is 0 Å². The van der Waals surface area contributed by atoms with Gasteiger partial charge in [-0.3, -0.25) is 14.8 Å². The minimum atomic E-state index is -0.0453. The number of pyridine rings is 1. The lowest BCUT2D eigenvalue weighted by atomic mass is 10.1. The summed E-state index contributed by atoms with van der Waals surface area (Å²) in [7, 11) is 0. The molecule has 2 aromatic rings. The predicted octanol–water partition coefficient (Wildman–Crippen LogP) is 1.30. The number of nitrogens with zero attached hydrogens (tertiary/aromatic N) is 3. The lowest BCUT2D eigenvalue weighted by Gasteiger charge is -1.98. The topological polar surface area (TPSA) is 55.7 Å². The van der Waals surface area contributed by atoms with Crippen molar-refractivity contribution in [2.45, 2.75) is 6.42 Å². The minimum Gasteiger partial charge on any atom is -0.292 e. The zero-order valence-corrected chi connectivity index (χ0v) is 8.00. The van der Waals surface area contributed by atoms with Crippen LogP contribution in [0.25, 0.3) is 0 Å². The molecule has 0 aliphatic heterocycles. The van der Waals surface area contributed by atoms with Crippen molar-refractivity contribution in [3.8, 4) is 0 Å². The zero-order valence-electron chi connectivity index (χ0n) is 8.00. The summed E-state index contributed by atoms with van der Waals surface area (Å²) in [6.45, 7) is 0. The molecule has 0 spiro atoms. The zero-order chi connectivity index (χ0) is 10.5. The fraction of sp³-hybridized carbons (Fsp3) is 0.0909. The van der Waals surface area contributed by atoms with Gasteiger partial charge in [0.25, 0.3) is 0 Å². The number of Topliss-reactive ketones (excluding diaryl/α,β-unsaturated/α-hetero) is 1. The molecule has 4 nitrogen and oxygen atoms in total. The van der Waals surface area contributed by atoms with Gasteiger partial charge in [0.15, 0.2) is 5.78 Å². The normalized spacial score (nSPS) is 9.87. The lowest BCUT2D eigenvalue weighted by molar-refractivity contribution is 0.0987. The van der Waals surface area contributed by atoms with Crippen LogP contribution >= 0.6 is 0 Å². The second kappa shape index (κ2) is 4.41. The third kappa shape index (κ3) is 2.43. The predicted molar refractivity (Wildman–Crippen MR) is 54.3 cm³/mol. The summed E-state index contributed by atoms with van der Waals surface area (Å²) in [6.07, 6.45) is 8.19. The highest BCUT2D eigenvalue weighted by molar-refractivity contribution is 5.95. The summed E-state index contributed by atoms with van der Waals surface area (Å²) < 4.78 is 0. The van der Waals surface area contributed by atoms with E-state index in [4.69, 9.17) is 0 Å². The maximum atomic E-state index is 11.7. The first-order valence-corrected chi connectivity index (χ1v) is 4.54. The summed E-state index contributed by atoms with van der Waals surface area (Å²) in [5, 5.41) is 0. The number of ketones is 1. The number of carbonyl (C=O) groups is 1.